The molecule has 0 radical (unpaired) electrons. The number of benzene rings is 2. The van der Waals surface area contributed by atoms with Gasteiger partial charge in [0.1, 0.15) is 5.75 Å². The molecule has 140 valence electrons. The van der Waals surface area contributed by atoms with E-state index in [0.717, 1.165) is 18.6 Å². The number of methoxy groups -OCH3 is 1. The average Bonchev–Trinajstić information content (AvgIpc) is 3.09. The van der Waals surface area contributed by atoms with Crippen molar-refractivity contribution in [3.63, 3.8) is 0 Å². The van der Waals surface area contributed by atoms with Gasteiger partial charge in [-0.3, -0.25) is 0 Å². The normalized spacial score (nSPS) is 18.8. The average molecular weight is 363 g/mol. The predicted octanol–water partition coefficient (Wildman–Crippen LogP) is 5.73. The zero-order valence-corrected chi connectivity index (χ0v) is 15.1. The van der Waals surface area contributed by atoms with Crippen LogP contribution < -0.4 is 9.64 Å². The smallest absolute Gasteiger partial charge is 0.418 e. The van der Waals surface area contributed by atoms with Crippen molar-refractivity contribution in [2.75, 3.05) is 25.1 Å². The van der Waals surface area contributed by atoms with Gasteiger partial charge in [-0.05, 0) is 54.5 Å². The number of para-hydroxylation sites is 1. The molecule has 1 heterocycles. The molecule has 0 saturated carbocycles. The van der Waals surface area contributed by atoms with Gasteiger partial charge in [0.15, 0.2) is 0 Å². The van der Waals surface area contributed by atoms with Gasteiger partial charge in [-0.25, -0.2) is 0 Å². The van der Waals surface area contributed by atoms with E-state index in [9.17, 15) is 13.2 Å². The minimum absolute atomic E-state index is 0.302. The summed E-state index contributed by atoms with van der Waals surface area (Å²) in [7, 11) is 1.65. The molecule has 1 aliphatic heterocycles. The van der Waals surface area contributed by atoms with Crippen LogP contribution in [0.1, 0.15) is 36.8 Å². The van der Waals surface area contributed by atoms with Crippen molar-refractivity contribution < 1.29 is 17.9 Å². The fourth-order valence-corrected chi connectivity index (χ4v) is 3.82. The van der Waals surface area contributed by atoms with E-state index in [1.807, 2.05) is 23.1 Å². The molecule has 0 aromatic heterocycles. The lowest BCUT2D eigenvalue weighted by Gasteiger charge is -2.24. The highest BCUT2D eigenvalue weighted by Gasteiger charge is 2.36. The first kappa shape index (κ1) is 18.6. The maximum Gasteiger partial charge on any atom is 0.418 e. The largest absolute Gasteiger partial charge is 0.497 e. The van der Waals surface area contributed by atoms with Gasteiger partial charge in [-0.15, -0.1) is 0 Å². The van der Waals surface area contributed by atoms with Gasteiger partial charge in [-0.2, -0.15) is 13.2 Å². The third-order valence-electron chi connectivity index (χ3n) is 5.19. The Hall–Kier alpha value is -2.17. The van der Waals surface area contributed by atoms with Crippen molar-refractivity contribution >= 4 is 5.69 Å². The van der Waals surface area contributed by atoms with E-state index in [1.165, 1.54) is 17.7 Å². The third-order valence-corrected chi connectivity index (χ3v) is 5.19. The second kappa shape index (κ2) is 7.60. The number of rotatable bonds is 5. The molecule has 0 N–H and O–H groups in total. The lowest BCUT2D eigenvalue weighted by Crippen LogP contribution is -2.23. The molecule has 1 fully saturated rings. The number of nitrogens with zero attached hydrogens (tertiary/aromatic N) is 1. The van der Waals surface area contributed by atoms with Crippen LogP contribution in [-0.4, -0.2) is 20.2 Å². The van der Waals surface area contributed by atoms with Gasteiger partial charge in [0.25, 0.3) is 0 Å². The lowest BCUT2D eigenvalue weighted by atomic mass is 9.89. The number of hydrogen-bond acceptors (Lipinski definition) is 2. The summed E-state index contributed by atoms with van der Waals surface area (Å²) in [4.78, 5) is 1.88. The Morgan fingerprint density at radius 2 is 1.92 bits per heavy atom. The van der Waals surface area contributed by atoms with Gasteiger partial charge in [0, 0.05) is 18.8 Å². The monoisotopic (exact) mass is 363 g/mol. The maximum absolute atomic E-state index is 13.3. The Balaban J connectivity index is 1.68. The number of alkyl halides is 3. The van der Waals surface area contributed by atoms with E-state index < -0.39 is 11.7 Å². The standard InChI is InChI=1S/C21H24F3NO/c1-15(17-6-5-7-18(13-17)26-2)12-16-10-11-25(14-16)20-9-4-3-8-19(20)21(22,23)24/h3-9,13,15-16H,10-12,14H2,1-2H3/t15-,16-/m0/s1. The van der Waals surface area contributed by atoms with Crippen LogP contribution in [-0.2, 0) is 6.18 Å². The van der Waals surface area contributed by atoms with Crippen molar-refractivity contribution in [1.29, 1.82) is 0 Å². The molecule has 1 saturated heterocycles. The summed E-state index contributed by atoms with van der Waals surface area (Å²) >= 11 is 0. The molecule has 26 heavy (non-hydrogen) atoms. The molecular weight excluding hydrogens is 339 g/mol. The van der Waals surface area contributed by atoms with Crippen molar-refractivity contribution in [3.8, 4) is 5.75 Å². The molecule has 2 aromatic rings. The molecular formula is C21H24F3NO. The van der Waals surface area contributed by atoms with E-state index in [1.54, 1.807) is 19.2 Å². The zero-order chi connectivity index (χ0) is 18.7. The molecule has 3 rings (SSSR count). The molecule has 2 aromatic carbocycles. The predicted molar refractivity (Wildman–Crippen MR) is 97.8 cm³/mol. The second-order valence-electron chi connectivity index (χ2n) is 7.03. The van der Waals surface area contributed by atoms with Gasteiger partial charge < -0.3 is 9.64 Å². The molecule has 2 nitrogen and oxygen atoms in total. The quantitative estimate of drug-likeness (QED) is 0.672. The molecule has 0 aliphatic carbocycles. The first-order chi connectivity index (χ1) is 12.4. The molecule has 0 spiro atoms. The highest BCUT2D eigenvalue weighted by atomic mass is 19.4. The summed E-state index contributed by atoms with van der Waals surface area (Å²) in [5.41, 5.74) is 0.969. The lowest BCUT2D eigenvalue weighted by molar-refractivity contribution is -0.137. The molecule has 2 atom stereocenters. The van der Waals surface area contributed by atoms with Gasteiger partial charge >= 0.3 is 6.18 Å². The Bertz CT molecular complexity index is 744. The number of ether oxygens (including phenoxy) is 1. The van der Waals surface area contributed by atoms with Crippen molar-refractivity contribution in [3.05, 3.63) is 59.7 Å². The molecule has 0 amide bonds. The summed E-state index contributed by atoms with van der Waals surface area (Å²) in [6.07, 6.45) is -2.44. The molecule has 0 unspecified atom stereocenters. The van der Waals surface area contributed by atoms with Crippen LogP contribution >= 0.6 is 0 Å². The Morgan fingerprint density at radius 3 is 2.65 bits per heavy atom. The van der Waals surface area contributed by atoms with Crippen molar-refractivity contribution in [2.24, 2.45) is 5.92 Å². The van der Waals surface area contributed by atoms with Crippen molar-refractivity contribution in [1.82, 2.24) is 0 Å². The number of anilines is 1. The molecule has 0 bridgehead atoms. The van der Waals surface area contributed by atoms with E-state index in [2.05, 4.69) is 13.0 Å². The fraction of sp³-hybridized carbons (Fsp3) is 0.429. The molecule has 1 aliphatic rings. The van der Waals surface area contributed by atoms with E-state index in [-0.39, 0.29) is 0 Å². The summed E-state index contributed by atoms with van der Waals surface area (Å²) in [6.45, 7) is 3.51. The van der Waals surface area contributed by atoms with Crippen LogP contribution in [0.5, 0.6) is 5.75 Å². The summed E-state index contributed by atoms with van der Waals surface area (Å²) in [5.74, 6) is 1.56. The third kappa shape index (κ3) is 4.14. The number of halogens is 3. The summed E-state index contributed by atoms with van der Waals surface area (Å²) < 4.78 is 45.1. The van der Waals surface area contributed by atoms with Gasteiger partial charge in [-0.1, -0.05) is 31.2 Å². The van der Waals surface area contributed by atoms with E-state index >= 15 is 0 Å². The van der Waals surface area contributed by atoms with Crippen LogP contribution in [0.25, 0.3) is 0 Å². The topological polar surface area (TPSA) is 12.5 Å². The first-order valence-corrected chi connectivity index (χ1v) is 8.93. The fourth-order valence-electron chi connectivity index (χ4n) is 3.82. The highest BCUT2D eigenvalue weighted by molar-refractivity contribution is 5.55. The van der Waals surface area contributed by atoms with E-state index in [0.29, 0.717) is 30.6 Å². The van der Waals surface area contributed by atoms with Crippen LogP contribution in [0.2, 0.25) is 0 Å². The second-order valence-corrected chi connectivity index (χ2v) is 7.03. The first-order valence-electron chi connectivity index (χ1n) is 8.93. The zero-order valence-electron chi connectivity index (χ0n) is 15.1. The SMILES string of the molecule is COc1cccc([C@@H](C)C[C@@H]2CCN(c3ccccc3C(F)(F)F)C2)c1. The Morgan fingerprint density at radius 1 is 1.15 bits per heavy atom. The van der Waals surface area contributed by atoms with E-state index in [4.69, 9.17) is 4.74 Å². The van der Waals surface area contributed by atoms with Crippen LogP contribution in [0.15, 0.2) is 48.5 Å². The van der Waals surface area contributed by atoms with Crippen LogP contribution in [0, 0.1) is 5.92 Å². The van der Waals surface area contributed by atoms with Gasteiger partial charge in [0.05, 0.1) is 12.7 Å². The number of hydrogen-bond donors (Lipinski definition) is 0. The Kier molecular flexibility index (Phi) is 5.44. The van der Waals surface area contributed by atoms with Crippen LogP contribution in [0.3, 0.4) is 0 Å². The summed E-state index contributed by atoms with van der Waals surface area (Å²) in [6, 6.07) is 13.9. The minimum Gasteiger partial charge on any atom is -0.497 e. The Labute approximate surface area is 152 Å². The van der Waals surface area contributed by atoms with Crippen molar-refractivity contribution in [2.45, 2.75) is 31.9 Å². The summed E-state index contributed by atoms with van der Waals surface area (Å²) in [5, 5.41) is 0. The van der Waals surface area contributed by atoms with Crippen LogP contribution in [0.4, 0.5) is 18.9 Å². The minimum atomic E-state index is -4.32. The highest BCUT2D eigenvalue weighted by Crippen LogP contribution is 2.39. The maximum atomic E-state index is 13.3. The molecule has 5 heteroatoms. The van der Waals surface area contributed by atoms with Gasteiger partial charge in [0.2, 0.25) is 0 Å².